The van der Waals surface area contributed by atoms with Crippen LogP contribution in [0.15, 0.2) is 30.6 Å². The first-order valence-corrected chi connectivity index (χ1v) is 8.90. The lowest BCUT2D eigenvalue weighted by Gasteiger charge is -2.21. The van der Waals surface area contributed by atoms with E-state index in [-0.39, 0.29) is 17.9 Å². The number of urea groups is 1. The first-order chi connectivity index (χ1) is 12.1. The van der Waals surface area contributed by atoms with Crippen molar-refractivity contribution in [2.45, 2.75) is 31.7 Å². The van der Waals surface area contributed by atoms with Crippen LogP contribution in [0.4, 0.5) is 9.18 Å². The van der Waals surface area contributed by atoms with Gasteiger partial charge in [-0.25, -0.2) is 9.18 Å². The Bertz CT molecular complexity index is 787. The van der Waals surface area contributed by atoms with Crippen LogP contribution >= 0.6 is 0 Å². The van der Waals surface area contributed by atoms with Crippen molar-refractivity contribution in [1.29, 1.82) is 0 Å². The van der Waals surface area contributed by atoms with E-state index in [1.807, 2.05) is 29.0 Å². The number of carbonyl (C=O) groups excluding carboxylic acids is 1. The third-order valence-electron chi connectivity index (χ3n) is 5.34. The molecule has 2 unspecified atom stereocenters. The molecule has 0 spiro atoms. The van der Waals surface area contributed by atoms with Gasteiger partial charge in [0.2, 0.25) is 0 Å². The summed E-state index contributed by atoms with van der Waals surface area (Å²) < 4.78 is 15.1. The quantitative estimate of drug-likeness (QED) is 0.932. The average molecular weight is 342 g/mol. The van der Waals surface area contributed by atoms with Crippen molar-refractivity contribution in [3.63, 3.8) is 0 Å². The molecule has 2 amide bonds. The van der Waals surface area contributed by atoms with Crippen LogP contribution in [0.25, 0.3) is 0 Å². The summed E-state index contributed by atoms with van der Waals surface area (Å²) in [5.74, 6) is 0.281. The maximum Gasteiger partial charge on any atom is 0.317 e. The largest absolute Gasteiger partial charge is 0.331 e. The molecule has 4 rings (SSSR count). The van der Waals surface area contributed by atoms with Crippen LogP contribution in [-0.4, -0.2) is 33.8 Å². The zero-order valence-corrected chi connectivity index (χ0v) is 14.4. The average Bonchev–Trinajstić information content (AvgIpc) is 3.29. The minimum Gasteiger partial charge on any atom is -0.331 e. The number of carbonyl (C=O) groups is 1. The summed E-state index contributed by atoms with van der Waals surface area (Å²) in [6.07, 6.45) is 7.59. The van der Waals surface area contributed by atoms with Crippen molar-refractivity contribution in [3.8, 4) is 0 Å². The number of fused-ring (bicyclic) bond motifs is 1. The van der Waals surface area contributed by atoms with Gasteiger partial charge < -0.3 is 10.2 Å². The molecule has 5 nitrogen and oxygen atoms in total. The molecule has 6 heteroatoms. The van der Waals surface area contributed by atoms with Gasteiger partial charge in [-0.05, 0) is 60.4 Å². The number of hydrogen-bond donors (Lipinski definition) is 1. The van der Waals surface area contributed by atoms with Crippen molar-refractivity contribution < 1.29 is 9.18 Å². The molecule has 1 aromatic carbocycles. The van der Waals surface area contributed by atoms with Crippen molar-refractivity contribution in [2.24, 2.45) is 13.0 Å². The first kappa shape index (κ1) is 16.1. The highest BCUT2D eigenvalue weighted by molar-refractivity contribution is 5.75. The maximum atomic E-state index is 13.3. The Balaban J connectivity index is 1.34. The van der Waals surface area contributed by atoms with Crippen molar-refractivity contribution >= 4 is 6.03 Å². The van der Waals surface area contributed by atoms with Crippen LogP contribution in [0.2, 0.25) is 0 Å². The molecule has 0 saturated carbocycles. The van der Waals surface area contributed by atoms with Gasteiger partial charge in [0, 0.05) is 26.3 Å². The fourth-order valence-corrected chi connectivity index (χ4v) is 4.07. The van der Waals surface area contributed by atoms with Crippen LogP contribution < -0.4 is 5.32 Å². The number of rotatable bonds is 3. The predicted octanol–water partition coefficient (Wildman–Crippen LogP) is 2.82. The SMILES string of the molecule is Cn1cc(CC2CCN(C(=O)NC3CCc4cc(F)ccc43)C2)cn1. The van der Waals surface area contributed by atoms with Crippen LogP contribution in [0.5, 0.6) is 0 Å². The molecule has 1 aliphatic carbocycles. The third kappa shape index (κ3) is 3.38. The summed E-state index contributed by atoms with van der Waals surface area (Å²) in [6, 6.07) is 4.86. The van der Waals surface area contributed by atoms with Crippen LogP contribution in [-0.2, 0) is 19.9 Å². The van der Waals surface area contributed by atoms with Crippen molar-refractivity contribution in [3.05, 3.63) is 53.1 Å². The van der Waals surface area contributed by atoms with E-state index in [0.29, 0.717) is 5.92 Å². The molecule has 1 aromatic heterocycles. The van der Waals surface area contributed by atoms with E-state index in [1.165, 1.54) is 11.6 Å². The van der Waals surface area contributed by atoms with Gasteiger partial charge in [-0.1, -0.05) is 6.07 Å². The molecular weight excluding hydrogens is 319 g/mol. The summed E-state index contributed by atoms with van der Waals surface area (Å²) in [5, 5.41) is 7.34. The minimum atomic E-state index is -0.205. The molecule has 1 N–H and O–H groups in total. The number of halogens is 1. The summed E-state index contributed by atoms with van der Waals surface area (Å²) in [6.45, 7) is 1.57. The van der Waals surface area contributed by atoms with Crippen LogP contribution in [0, 0.1) is 11.7 Å². The molecule has 1 fully saturated rings. The zero-order valence-electron chi connectivity index (χ0n) is 14.4. The molecule has 0 bridgehead atoms. The molecule has 132 valence electrons. The predicted molar refractivity (Wildman–Crippen MR) is 92.6 cm³/mol. The highest BCUT2D eigenvalue weighted by Gasteiger charge is 2.30. The highest BCUT2D eigenvalue weighted by Crippen LogP contribution is 2.32. The van der Waals surface area contributed by atoms with Gasteiger partial charge >= 0.3 is 6.03 Å². The van der Waals surface area contributed by atoms with Gasteiger partial charge in [-0.3, -0.25) is 4.68 Å². The summed E-state index contributed by atoms with van der Waals surface area (Å²) in [7, 11) is 1.92. The van der Waals surface area contributed by atoms with E-state index in [0.717, 1.165) is 49.9 Å². The van der Waals surface area contributed by atoms with Crippen LogP contribution in [0.3, 0.4) is 0 Å². The third-order valence-corrected chi connectivity index (χ3v) is 5.34. The number of aryl methyl sites for hydroxylation is 2. The van der Waals surface area contributed by atoms with Crippen molar-refractivity contribution in [2.75, 3.05) is 13.1 Å². The van der Waals surface area contributed by atoms with Gasteiger partial charge in [0.15, 0.2) is 0 Å². The Labute approximate surface area is 146 Å². The number of nitrogens with one attached hydrogen (secondary N) is 1. The fraction of sp³-hybridized carbons (Fsp3) is 0.474. The smallest absolute Gasteiger partial charge is 0.317 e. The first-order valence-electron chi connectivity index (χ1n) is 8.90. The molecule has 1 aliphatic heterocycles. The number of likely N-dealkylation sites (tertiary alicyclic amines) is 1. The molecule has 2 heterocycles. The van der Waals surface area contributed by atoms with E-state index >= 15 is 0 Å². The molecule has 1 saturated heterocycles. The Hall–Kier alpha value is -2.37. The fourth-order valence-electron chi connectivity index (χ4n) is 4.07. The number of benzene rings is 1. The van der Waals surface area contributed by atoms with E-state index in [2.05, 4.69) is 10.4 Å². The summed E-state index contributed by atoms with van der Waals surface area (Å²) >= 11 is 0. The standard InChI is InChI=1S/C19H23FN4O/c1-23-11-14(10-21-23)8-13-6-7-24(12-13)19(25)22-18-5-2-15-9-16(20)3-4-17(15)18/h3-4,9-11,13,18H,2,5-8,12H2,1H3,(H,22,25). The molecule has 2 atom stereocenters. The molecule has 2 aromatic rings. The second-order valence-corrected chi connectivity index (χ2v) is 7.21. The Morgan fingerprint density at radius 3 is 3.08 bits per heavy atom. The lowest BCUT2D eigenvalue weighted by atomic mass is 10.0. The van der Waals surface area contributed by atoms with Gasteiger partial charge in [0.1, 0.15) is 5.82 Å². The topological polar surface area (TPSA) is 50.2 Å². The van der Waals surface area contributed by atoms with Gasteiger partial charge in [-0.15, -0.1) is 0 Å². The summed E-state index contributed by atoms with van der Waals surface area (Å²) in [4.78, 5) is 14.5. The van der Waals surface area contributed by atoms with Gasteiger partial charge in [0.25, 0.3) is 0 Å². The molecule has 0 radical (unpaired) electrons. The highest BCUT2D eigenvalue weighted by atomic mass is 19.1. The second kappa shape index (κ2) is 6.50. The van der Waals surface area contributed by atoms with Gasteiger partial charge in [-0.2, -0.15) is 5.10 Å². The number of amides is 2. The van der Waals surface area contributed by atoms with E-state index in [9.17, 15) is 9.18 Å². The lowest BCUT2D eigenvalue weighted by Crippen LogP contribution is -2.40. The normalized spacial score (nSPS) is 22.2. The molecular formula is C19H23FN4O. The Morgan fingerprint density at radius 1 is 1.40 bits per heavy atom. The zero-order chi connectivity index (χ0) is 17.4. The molecule has 2 aliphatic rings. The van der Waals surface area contributed by atoms with E-state index < -0.39 is 0 Å². The van der Waals surface area contributed by atoms with Crippen LogP contribution in [0.1, 0.15) is 35.6 Å². The Kier molecular flexibility index (Phi) is 4.19. The number of hydrogen-bond acceptors (Lipinski definition) is 2. The monoisotopic (exact) mass is 342 g/mol. The Morgan fingerprint density at radius 2 is 2.28 bits per heavy atom. The lowest BCUT2D eigenvalue weighted by molar-refractivity contribution is 0.202. The van der Waals surface area contributed by atoms with Gasteiger partial charge in [0.05, 0.1) is 12.2 Å². The number of aromatic nitrogens is 2. The number of nitrogens with zero attached hydrogens (tertiary/aromatic N) is 3. The molecule has 25 heavy (non-hydrogen) atoms. The minimum absolute atomic E-state index is 0.000438. The maximum absolute atomic E-state index is 13.3. The van der Waals surface area contributed by atoms with E-state index in [4.69, 9.17) is 0 Å². The van der Waals surface area contributed by atoms with Crippen molar-refractivity contribution in [1.82, 2.24) is 20.0 Å². The van der Waals surface area contributed by atoms with E-state index in [1.54, 1.807) is 12.1 Å². The summed E-state index contributed by atoms with van der Waals surface area (Å²) in [5.41, 5.74) is 3.29. The second-order valence-electron chi connectivity index (χ2n) is 7.21.